The molecule has 0 aliphatic rings. The van der Waals surface area contributed by atoms with Crippen LogP contribution in [0.15, 0.2) is 54.6 Å². The third kappa shape index (κ3) is 3.79. The molecule has 0 radical (unpaired) electrons. The van der Waals surface area contributed by atoms with Crippen molar-refractivity contribution in [3.8, 4) is 11.8 Å². The first kappa shape index (κ1) is 12.5. The summed E-state index contributed by atoms with van der Waals surface area (Å²) in [5.74, 6) is 6.48. The maximum absolute atomic E-state index is 3.24. The first-order valence-electron chi connectivity index (χ1n) is 6.50. The first-order valence-corrected chi connectivity index (χ1v) is 6.50. The average molecular weight is 234 g/mol. The third-order valence-corrected chi connectivity index (χ3v) is 2.83. The predicted octanol–water partition coefficient (Wildman–Crippen LogP) is 4.23. The van der Waals surface area contributed by atoms with Gasteiger partial charge in [-0.25, -0.2) is 0 Å². The molecule has 0 saturated carbocycles. The summed E-state index contributed by atoms with van der Waals surface area (Å²) in [7, 11) is 0. The largest absolute Gasteiger partial charge is 0.0931 e. The summed E-state index contributed by atoms with van der Waals surface area (Å²) in [6.07, 6.45) is 3.13. The fourth-order valence-corrected chi connectivity index (χ4v) is 1.94. The van der Waals surface area contributed by atoms with Crippen LogP contribution in [0.1, 0.15) is 30.0 Å². The maximum Gasteiger partial charge on any atom is 0.0344 e. The molecule has 0 aromatic heterocycles. The zero-order chi connectivity index (χ0) is 12.6. The molecule has 0 amide bonds. The molecule has 0 spiro atoms. The summed E-state index contributed by atoms with van der Waals surface area (Å²) in [6.45, 7) is 2.20. The second kappa shape index (κ2) is 6.67. The molecule has 0 atom stereocenters. The molecule has 0 heteroatoms. The molecule has 0 aliphatic heterocycles. The topological polar surface area (TPSA) is 0 Å². The van der Waals surface area contributed by atoms with Crippen molar-refractivity contribution in [2.24, 2.45) is 0 Å². The fourth-order valence-electron chi connectivity index (χ4n) is 1.94. The molecular formula is C18H18. The highest BCUT2D eigenvalue weighted by Crippen LogP contribution is 2.06. The van der Waals surface area contributed by atoms with Gasteiger partial charge in [-0.3, -0.25) is 0 Å². The fraction of sp³-hybridized carbons (Fsp3) is 0.222. The van der Waals surface area contributed by atoms with Crippen LogP contribution in [0.25, 0.3) is 0 Å². The highest BCUT2D eigenvalue weighted by Gasteiger charge is 1.92. The summed E-state index contributed by atoms with van der Waals surface area (Å²) in [5.41, 5.74) is 3.77. The van der Waals surface area contributed by atoms with Crippen LogP contribution in [0, 0.1) is 11.8 Å². The summed E-state index contributed by atoms with van der Waals surface area (Å²) in [5, 5.41) is 0. The van der Waals surface area contributed by atoms with Crippen molar-refractivity contribution < 1.29 is 0 Å². The van der Waals surface area contributed by atoms with E-state index in [-0.39, 0.29) is 0 Å². The zero-order valence-electron chi connectivity index (χ0n) is 10.8. The Morgan fingerprint density at radius 2 is 1.67 bits per heavy atom. The molecule has 2 aromatic carbocycles. The summed E-state index contributed by atoms with van der Waals surface area (Å²) < 4.78 is 0. The van der Waals surface area contributed by atoms with Crippen molar-refractivity contribution in [3.05, 3.63) is 71.3 Å². The second-order valence-corrected chi connectivity index (χ2v) is 4.41. The molecule has 0 fully saturated rings. The zero-order valence-corrected chi connectivity index (χ0v) is 10.8. The van der Waals surface area contributed by atoms with Gasteiger partial charge in [-0.05, 0) is 29.7 Å². The minimum Gasteiger partial charge on any atom is -0.0931 e. The molecule has 0 heterocycles. The van der Waals surface area contributed by atoms with Gasteiger partial charge in [-0.1, -0.05) is 67.6 Å². The molecule has 0 nitrogen and oxygen atoms in total. The van der Waals surface area contributed by atoms with E-state index in [4.69, 9.17) is 0 Å². The normalized spacial score (nSPS) is 9.61. The van der Waals surface area contributed by atoms with Gasteiger partial charge in [0, 0.05) is 12.0 Å². The first-order chi connectivity index (χ1) is 8.88. The van der Waals surface area contributed by atoms with Gasteiger partial charge in [0.05, 0.1) is 0 Å². The van der Waals surface area contributed by atoms with Crippen molar-refractivity contribution in [2.75, 3.05) is 0 Å². The molecule has 2 rings (SSSR count). The summed E-state index contributed by atoms with van der Waals surface area (Å²) in [6, 6.07) is 18.9. The van der Waals surface area contributed by atoms with Crippen LogP contribution >= 0.6 is 0 Å². The minimum absolute atomic E-state index is 0.818. The van der Waals surface area contributed by atoms with Gasteiger partial charge in [0.2, 0.25) is 0 Å². The van der Waals surface area contributed by atoms with Gasteiger partial charge >= 0.3 is 0 Å². The molecular weight excluding hydrogens is 216 g/mol. The van der Waals surface area contributed by atoms with Crippen LogP contribution in [0.4, 0.5) is 0 Å². The van der Waals surface area contributed by atoms with Crippen molar-refractivity contribution in [1.82, 2.24) is 0 Å². The minimum atomic E-state index is 0.818. The average Bonchev–Trinajstić information content (AvgIpc) is 2.41. The number of aryl methyl sites for hydroxylation is 1. The summed E-state index contributed by atoms with van der Waals surface area (Å²) in [4.78, 5) is 0. The lowest BCUT2D eigenvalue weighted by Gasteiger charge is -1.98. The van der Waals surface area contributed by atoms with E-state index in [1.807, 2.05) is 6.07 Å². The van der Waals surface area contributed by atoms with Crippen LogP contribution in [0.3, 0.4) is 0 Å². The van der Waals surface area contributed by atoms with E-state index in [1.165, 1.54) is 17.5 Å². The van der Waals surface area contributed by atoms with Crippen LogP contribution in [0.2, 0.25) is 0 Å². The van der Waals surface area contributed by atoms with Gasteiger partial charge in [0.1, 0.15) is 0 Å². The Balaban J connectivity index is 2.03. The van der Waals surface area contributed by atoms with E-state index in [9.17, 15) is 0 Å². The van der Waals surface area contributed by atoms with Crippen LogP contribution in [-0.2, 0) is 12.8 Å². The standard InChI is InChI=1S/C18H18/c1-2-8-17-12-7-14-18(15-17)13-6-11-16-9-4-3-5-10-16/h3-5,7,9-10,12,14-15H,2,8,11H2,1H3. The Hall–Kier alpha value is -2.00. The summed E-state index contributed by atoms with van der Waals surface area (Å²) >= 11 is 0. The number of benzene rings is 2. The van der Waals surface area contributed by atoms with Crippen LogP contribution in [0.5, 0.6) is 0 Å². The molecule has 2 aromatic rings. The smallest absolute Gasteiger partial charge is 0.0344 e. The second-order valence-electron chi connectivity index (χ2n) is 4.41. The molecule has 18 heavy (non-hydrogen) atoms. The maximum atomic E-state index is 3.24. The van der Waals surface area contributed by atoms with E-state index >= 15 is 0 Å². The van der Waals surface area contributed by atoms with Gasteiger partial charge in [-0.2, -0.15) is 0 Å². The Kier molecular flexibility index (Phi) is 4.61. The van der Waals surface area contributed by atoms with E-state index in [0.29, 0.717) is 0 Å². The molecule has 0 N–H and O–H groups in total. The van der Waals surface area contributed by atoms with Crippen molar-refractivity contribution in [3.63, 3.8) is 0 Å². The number of rotatable bonds is 3. The lowest BCUT2D eigenvalue weighted by atomic mass is 10.1. The highest BCUT2D eigenvalue weighted by atomic mass is 14.0. The van der Waals surface area contributed by atoms with E-state index in [1.54, 1.807) is 0 Å². The Labute approximate surface area is 110 Å². The number of hydrogen-bond donors (Lipinski definition) is 0. The van der Waals surface area contributed by atoms with E-state index < -0.39 is 0 Å². The van der Waals surface area contributed by atoms with Crippen molar-refractivity contribution in [1.29, 1.82) is 0 Å². The Bertz CT molecular complexity index is 541. The highest BCUT2D eigenvalue weighted by molar-refractivity contribution is 5.38. The number of hydrogen-bond acceptors (Lipinski definition) is 0. The predicted molar refractivity (Wildman–Crippen MR) is 77.5 cm³/mol. The molecule has 0 bridgehead atoms. The molecule has 90 valence electrons. The van der Waals surface area contributed by atoms with Gasteiger partial charge in [0.15, 0.2) is 0 Å². The Morgan fingerprint density at radius 3 is 2.44 bits per heavy atom. The van der Waals surface area contributed by atoms with Gasteiger partial charge in [-0.15, -0.1) is 0 Å². The molecule has 0 saturated heterocycles. The quantitative estimate of drug-likeness (QED) is 0.697. The SMILES string of the molecule is CCCc1cccc(C#CCc2ccccc2)c1. The van der Waals surface area contributed by atoms with Crippen molar-refractivity contribution in [2.45, 2.75) is 26.2 Å². The third-order valence-electron chi connectivity index (χ3n) is 2.83. The Morgan fingerprint density at radius 1 is 0.889 bits per heavy atom. The van der Waals surface area contributed by atoms with Crippen LogP contribution in [-0.4, -0.2) is 0 Å². The molecule has 0 aliphatic carbocycles. The van der Waals surface area contributed by atoms with Crippen LogP contribution < -0.4 is 0 Å². The lowest BCUT2D eigenvalue weighted by Crippen LogP contribution is -1.84. The van der Waals surface area contributed by atoms with Crippen molar-refractivity contribution >= 4 is 0 Å². The molecule has 0 unspecified atom stereocenters. The van der Waals surface area contributed by atoms with E-state index in [2.05, 4.69) is 67.3 Å². The van der Waals surface area contributed by atoms with Gasteiger partial charge in [0.25, 0.3) is 0 Å². The lowest BCUT2D eigenvalue weighted by molar-refractivity contribution is 0.921. The monoisotopic (exact) mass is 234 g/mol. The van der Waals surface area contributed by atoms with E-state index in [0.717, 1.165) is 18.4 Å². The van der Waals surface area contributed by atoms with Gasteiger partial charge < -0.3 is 0 Å².